The van der Waals surface area contributed by atoms with Crippen molar-refractivity contribution < 1.29 is 0 Å². The summed E-state index contributed by atoms with van der Waals surface area (Å²) in [6.45, 7) is 16.5. The Bertz CT molecular complexity index is 451. The molecule has 0 spiro atoms. The van der Waals surface area contributed by atoms with Crippen LogP contribution in [0, 0.1) is 5.41 Å². The summed E-state index contributed by atoms with van der Waals surface area (Å²) >= 11 is 6.50. The lowest BCUT2D eigenvalue weighted by molar-refractivity contribution is 0.363. The summed E-state index contributed by atoms with van der Waals surface area (Å²) in [5, 5.41) is 8.91. The molecule has 0 bridgehead atoms. The molecule has 0 amide bonds. The van der Waals surface area contributed by atoms with Crippen LogP contribution in [0.25, 0.3) is 0 Å². The maximum Gasteiger partial charge on any atom is 0.0850 e. The second-order valence-corrected chi connectivity index (χ2v) is 6.33. The predicted molar refractivity (Wildman–Crippen MR) is 87.4 cm³/mol. The number of aromatic nitrogens is 2. The van der Waals surface area contributed by atoms with E-state index >= 15 is 0 Å². The van der Waals surface area contributed by atoms with Gasteiger partial charge in [0.25, 0.3) is 0 Å². The van der Waals surface area contributed by atoms with Gasteiger partial charge in [-0.2, -0.15) is 5.10 Å². The summed E-state index contributed by atoms with van der Waals surface area (Å²) in [7, 11) is 0. The average molecular weight is 298 g/mol. The SMILES string of the molecule is C=CC(C)(CNC(C)C)Cc1c(Cl)c(CC)nn1CC. The third kappa shape index (κ3) is 4.10. The van der Waals surface area contributed by atoms with Gasteiger partial charge in [0.2, 0.25) is 0 Å². The predicted octanol–water partition coefficient (Wildman–Crippen LogP) is 3.85. The van der Waals surface area contributed by atoms with Gasteiger partial charge >= 0.3 is 0 Å². The zero-order chi connectivity index (χ0) is 15.3. The van der Waals surface area contributed by atoms with Crippen LogP contribution in [-0.4, -0.2) is 22.4 Å². The van der Waals surface area contributed by atoms with Crippen LogP contribution in [0.5, 0.6) is 0 Å². The molecule has 4 heteroatoms. The van der Waals surface area contributed by atoms with Gasteiger partial charge in [0.15, 0.2) is 0 Å². The number of halogens is 1. The first kappa shape index (κ1) is 17.3. The Morgan fingerprint density at radius 2 is 2.10 bits per heavy atom. The van der Waals surface area contributed by atoms with Crippen molar-refractivity contribution in [2.24, 2.45) is 5.41 Å². The second-order valence-electron chi connectivity index (χ2n) is 5.95. The fraction of sp³-hybridized carbons (Fsp3) is 0.688. The normalized spacial score (nSPS) is 14.6. The van der Waals surface area contributed by atoms with Gasteiger partial charge in [0.1, 0.15) is 0 Å². The number of nitrogens with one attached hydrogen (secondary N) is 1. The molecular weight excluding hydrogens is 270 g/mol. The number of nitrogens with zero attached hydrogens (tertiary/aromatic N) is 2. The second kappa shape index (κ2) is 7.28. The molecule has 0 aliphatic carbocycles. The molecule has 1 rings (SSSR count). The van der Waals surface area contributed by atoms with Gasteiger partial charge in [-0.15, -0.1) is 6.58 Å². The van der Waals surface area contributed by atoms with E-state index in [1.807, 2.05) is 10.8 Å². The Balaban J connectivity index is 2.99. The van der Waals surface area contributed by atoms with E-state index in [9.17, 15) is 0 Å². The molecule has 0 saturated heterocycles. The van der Waals surface area contributed by atoms with Gasteiger partial charge in [-0.25, -0.2) is 0 Å². The fourth-order valence-corrected chi connectivity index (χ4v) is 2.55. The summed E-state index contributed by atoms with van der Waals surface area (Å²) in [6, 6.07) is 0.465. The molecule has 1 atom stereocenters. The molecule has 0 aliphatic heterocycles. The van der Waals surface area contributed by atoms with Crippen LogP contribution in [-0.2, 0) is 19.4 Å². The molecule has 0 saturated carbocycles. The molecule has 0 radical (unpaired) electrons. The highest BCUT2D eigenvalue weighted by Crippen LogP contribution is 2.30. The fourth-order valence-electron chi connectivity index (χ4n) is 2.21. The highest BCUT2D eigenvalue weighted by molar-refractivity contribution is 6.31. The smallest absolute Gasteiger partial charge is 0.0850 e. The molecular formula is C16H28ClN3. The van der Waals surface area contributed by atoms with E-state index in [4.69, 9.17) is 11.6 Å². The Hall–Kier alpha value is -0.800. The van der Waals surface area contributed by atoms with Crippen molar-refractivity contribution in [2.45, 2.75) is 60.0 Å². The van der Waals surface area contributed by atoms with Crippen molar-refractivity contribution in [2.75, 3.05) is 6.54 Å². The first-order valence-corrected chi connectivity index (χ1v) is 7.85. The van der Waals surface area contributed by atoms with E-state index in [0.717, 1.165) is 42.3 Å². The Kier molecular flexibility index (Phi) is 6.28. The van der Waals surface area contributed by atoms with Gasteiger partial charge in [-0.3, -0.25) is 4.68 Å². The largest absolute Gasteiger partial charge is 0.314 e. The Labute approximate surface area is 128 Å². The van der Waals surface area contributed by atoms with Crippen LogP contribution < -0.4 is 5.32 Å². The zero-order valence-corrected chi connectivity index (χ0v) is 14.2. The van der Waals surface area contributed by atoms with Crippen LogP contribution in [0.3, 0.4) is 0 Å². The third-order valence-corrected chi connectivity index (χ3v) is 4.11. The first-order chi connectivity index (χ1) is 9.36. The molecule has 114 valence electrons. The quantitative estimate of drug-likeness (QED) is 0.739. The highest BCUT2D eigenvalue weighted by atomic mass is 35.5. The van der Waals surface area contributed by atoms with Gasteiger partial charge in [0, 0.05) is 31.0 Å². The number of rotatable bonds is 8. The van der Waals surface area contributed by atoms with Crippen LogP contribution in [0.2, 0.25) is 5.02 Å². The maximum atomic E-state index is 6.50. The van der Waals surface area contributed by atoms with Gasteiger partial charge in [0.05, 0.1) is 16.4 Å². The van der Waals surface area contributed by atoms with Crippen molar-refractivity contribution in [1.29, 1.82) is 0 Å². The minimum Gasteiger partial charge on any atom is -0.314 e. The van der Waals surface area contributed by atoms with Crippen LogP contribution in [0.1, 0.15) is 46.0 Å². The van der Waals surface area contributed by atoms with Crippen molar-refractivity contribution in [1.82, 2.24) is 15.1 Å². The molecule has 20 heavy (non-hydrogen) atoms. The van der Waals surface area contributed by atoms with E-state index < -0.39 is 0 Å². The van der Waals surface area contributed by atoms with E-state index in [-0.39, 0.29) is 5.41 Å². The number of hydrogen-bond donors (Lipinski definition) is 1. The van der Waals surface area contributed by atoms with Gasteiger partial charge in [-0.1, -0.05) is 45.4 Å². The monoisotopic (exact) mass is 297 g/mol. The summed E-state index contributed by atoms with van der Waals surface area (Å²) in [5.41, 5.74) is 2.09. The first-order valence-electron chi connectivity index (χ1n) is 7.47. The van der Waals surface area contributed by atoms with Gasteiger partial charge < -0.3 is 5.32 Å². The van der Waals surface area contributed by atoms with Crippen LogP contribution in [0.15, 0.2) is 12.7 Å². The molecule has 1 aromatic rings. The molecule has 0 aliphatic rings. The summed E-state index contributed by atoms with van der Waals surface area (Å²) in [6.07, 6.45) is 3.75. The highest BCUT2D eigenvalue weighted by Gasteiger charge is 2.26. The third-order valence-electron chi connectivity index (χ3n) is 3.67. The average Bonchev–Trinajstić information content (AvgIpc) is 2.73. The molecule has 1 aromatic heterocycles. The van der Waals surface area contributed by atoms with Crippen molar-refractivity contribution in [3.63, 3.8) is 0 Å². The minimum atomic E-state index is -0.0219. The topological polar surface area (TPSA) is 29.9 Å². The summed E-state index contributed by atoms with van der Waals surface area (Å²) in [4.78, 5) is 0. The summed E-state index contributed by atoms with van der Waals surface area (Å²) < 4.78 is 2.03. The summed E-state index contributed by atoms with van der Waals surface area (Å²) in [5.74, 6) is 0. The van der Waals surface area contributed by atoms with E-state index in [0.29, 0.717) is 6.04 Å². The Morgan fingerprint density at radius 3 is 2.55 bits per heavy atom. The molecule has 1 unspecified atom stereocenters. The Morgan fingerprint density at radius 1 is 1.45 bits per heavy atom. The molecule has 0 fully saturated rings. The number of hydrogen-bond acceptors (Lipinski definition) is 2. The standard InChI is InChI=1S/C16H28ClN3/c1-7-13-15(17)14(20(9-3)19-13)10-16(6,8-2)11-18-12(4)5/h8,12,18H,2,7,9-11H2,1,3-6H3. The molecule has 1 N–H and O–H groups in total. The maximum absolute atomic E-state index is 6.50. The lowest BCUT2D eigenvalue weighted by Gasteiger charge is -2.28. The lowest BCUT2D eigenvalue weighted by Crippen LogP contribution is -2.36. The number of aryl methyl sites for hydroxylation is 2. The zero-order valence-electron chi connectivity index (χ0n) is 13.5. The molecule has 1 heterocycles. The van der Waals surface area contributed by atoms with Crippen molar-refractivity contribution >= 4 is 11.6 Å². The van der Waals surface area contributed by atoms with Crippen molar-refractivity contribution in [3.8, 4) is 0 Å². The van der Waals surface area contributed by atoms with Crippen molar-refractivity contribution in [3.05, 3.63) is 29.1 Å². The van der Waals surface area contributed by atoms with E-state index in [1.165, 1.54) is 0 Å². The van der Waals surface area contributed by atoms with Gasteiger partial charge in [-0.05, 0) is 13.3 Å². The van der Waals surface area contributed by atoms with E-state index in [2.05, 4.69) is 51.6 Å². The van der Waals surface area contributed by atoms with Crippen LogP contribution in [0.4, 0.5) is 0 Å². The van der Waals surface area contributed by atoms with E-state index in [1.54, 1.807) is 0 Å². The minimum absolute atomic E-state index is 0.0219. The molecule has 0 aromatic carbocycles. The molecule has 3 nitrogen and oxygen atoms in total. The van der Waals surface area contributed by atoms with Crippen LogP contribution >= 0.6 is 11.6 Å². The lowest BCUT2D eigenvalue weighted by atomic mass is 9.85.